The highest BCUT2D eigenvalue weighted by Crippen LogP contribution is 2.44. The van der Waals surface area contributed by atoms with E-state index in [0.717, 1.165) is 38.5 Å². The largest absolute Gasteiger partial charge is 0.468 e. The maximum Gasteiger partial charge on any atom is 0.407 e. The molecule has 0 aromatic heterocycles. The second-order valence-corrected chi connectivity index (χ2v) is 14.0. The molecule has 244 valence electrons. The van der Waals surface area contributed by atoms with Gasteiger partial charge in [-0.3, -0.25) is 9.59 Å². The summed E-state index contributed by atoms with van der Waals surface area (Å²) in [5, 5.41) is 10.8. The van der Waals surface area contributed by atoms with Crippen molar-refractivity contribution in [1.29, 1.82) is 0 Å². The summed E-state index contributed by atoms with van der Waals surface area (Å²) in [5.41, 5.74) is 1.39. The Labute approximate surface area is 280 Å². The molecule has 0 aliphatic heterocycles. The second kappa shape index (κ2) is 13.9. The number of amides is 2. The van der Waals surface area contributed by atoms with Gasteiger partial charge < -0.3 is 25.4 Å². The Balaban J connectivity index is 1.51. The van der Waals surface area contributed by atoms with Crippen LogP contribution in [0, 0.1) is 5.92 Å². The number of halogens is 2. The van der Waals surface area contributed by atoms with Gasteiger partial charge in [-0.2, -0.15) is 0 Å². The van der Waals surface area contributed by atoms with Gasteiger partial charge in [0.25, 0.3) is 0 Å². The van der Waals surface area contributed by atoms with Crippen molar-refractivity contribution in [1.82, 2.24) is 5.32 Å². The van der Waals surface area contributed by atoms with Crippen molar-refractivity contribution in [2.45, 2.75) is 82.4 Å². The quantitative estimate of drug-likeness (QED) is 0.158. The number of esters is 1. The van der Waals surface area contributed by atoms with Crippen LogP contribution in [0.1, 0.15) is 76.0 Å². The molecule has 0 heterocycles. The number of ether oxygens (including phenoxy) is 2. The highest BCUT2D eigenvalue weighted by molar-refractivity contribution is 6.30. The van der Waals surface area contributed by atoms with Crippen LogP contribution in [0.3, 0.4) is 0 Å². The Morgan fingerprint density at radius 3 is 1.74 bits per heavy atom. The molecule has 3 N–H and O–H groups in total. The summed E-state index contributed by atoms with van der Waals surface area (Å²) in [6.07, 6.45) is 4.45. The summed E-state index contributed by atoms with van der Waals surface area (Å²) in [4.78, 5) is 39.3. The number of hydrogen-bond acceptors (Lipinski definition) is 6. The molecule has 3 aromatic rings. The average Bonchev–Trinajstić information content (AvgIpc) is 3.86. The van der Waals surface area contributed by atoms with Crippen molar-refractivity contribution < 1.29 is 23.9 Å². The van der Waals surface area contributed by atoms with E-state index in [-0.39, 0.29) is 23.9 Å². The minimum absolute atomic E-state index is 0.00931. The minimum Gasteiger partial charge on any atom is -0.468 e. The van der Waals surface area contributed by atoms with Gasteiger partial charge in [-0.05, 0) is 112 Å². The monoisotopic (exact) mass is 665 g/mol. The lowest BCUT2D eigenvalue weighted by molar-refractivity contribution is -0.144. The zero-order chi connectivity index (χ0) is 33.1. The third-order valence-electron chi connectivity index (χ3n) is 8.51. The first-order valence-electron chi connectivity index (χ1n) is 15.7. The van der Waals surface area contributed by atoms with Crippen LogP contribution in [0.15, 0.2) is 66.7 Å². The van der Waals surface area contributed by atoms with E-state index in [2.05, 4.69) is 16.0 Å². The van der Waals surface area contributed by atoms with E-state index in [9.17, 15) is 14.4 Å². The molecule has 10 heteroatoms. The Kier molecular flexibility index (Phi) is 10.2. The zero-order valence-corrected chi connectivity index (χ0v) is 28.1. The van der Waals surface area contributed by atoms with Gasteiger partial charge in [0.05, 0.1) is 18.5 Å². The van der Waals surface area contributed by atoms with E-state index < -0.39 is 23.1 Å². The van der Waals surface area contributed by atoms with Gasteiger partial charge in [-0.15, -0.1) is 0 Å². The van der Waals surface area contributed by atoms with Crippen molar-refractivity contribution in [2.75, 3.05) is 17.7 Å². The maximum absolute atomic E-state index is 14.1. The van der Waals surface area contributed by atoms with Gasteiger partial charge in [0.15, 0.2) is 0 Å². The lowest BCUT2D eigenvalue weighted by Gasteiger charge is -2.35. The molecule has 2 fully saturated rings. The second-order valence-electron chi connectivity index (χ2n) is 13.1. The molecule has 0 atom stereocenters. The molecule has 46 heavy (non-hydrogen) atoms. The van der Waals surface area contributed by atoms with Crippen LogP contribution in [-0.2, 0) is 24.5 Å². The van der Waals surface area contributed by atoms with E-state index in [4.69, 9.17) is 32.7 Å². The van der Waals surface area contributed by atoms with E-state index in [1.807, 2.05) is 63.2 Å². The molecular weight excluding hydrogens is 625 g/mol. The van der Waals surface area contributed by atoms with Crippen molar-refractivity contribution >= 4 is 52.5 Å². The molecule has 0 unspecified atom stereocenters. The standard InChI is InChI=1S/C36H41Cl2N3O5/c1-35(2,3)46-34(44)40-29-18-16-28(17-19-29)39-31-21-25(11-20-30(31)41-32(42)22-5-6-22)36(33(43)45-4,23-7-12-26(37)13-8-23)24-9-14-27(38)15-10-24/h7-15,20-22,28-29,39H,5-6,16-19H2,1-4H3,(H,40,44)(H,41,42)/t28-,29+. The number of nitrogens with one attached hydrogen (secondary N) is 3. The Morgan fingerprint density at radius 1 is 0.717 bits per heavy atom. The fourth-order valence-electron chi connectivity index (χ4n) is 6.07. The molecule has 0 radical (unpaired) electrons. The van der Waals surface area contributed by atoms with Crippen molar-refractivity contribution in [3.8, 4) is 0 Å². The number of benzene rings is 3. The predicted molar refractivity (Wildman–Crippen MR) is 182 cm³/mol. The number of hydrogen-bond donors (Lipinski definition) is 3. The smallest absolute Gasteiger partial charge is 0.407 e. The minimum atomic E-state index is -1.37. The molecule has 3 aromatic carbocycles. The number of methoxy groups -OCH3 is 1. The van der Waals surface area contributed by atoms with Crippen LogP contribution in [0.2, 0.25) is 10.0 Å². The molecule has 2 aliphatic rings. The summed E-state index contributed by atoms with van der Waals surface area (Å²) in [6.45, 7) is 5.53. The molecule has 2 amide bonds. The van der Waals surface area contributed by atoms with Gasteiger partial charge in [0, 0.05) is 28.0 Å². The molecule has 5 rings (SSSR count). The summed E-state index contributed by atoms with van der Waals surface area (Å²) < 4.78 is 10.9. The van der Waals surface area contributed by atoms with Crippen molar-refractivity contribution in [3.63, 3.8) is 0 Å². The number of carbonyl (C=O) groups is 3. The summed E-state index contributed by atoms with van der Waals surface area (Å²) in [7, 11) is 1.37. The summed E-state index contributed by atoms with van der Waals surface area (Å²) in [6, 6.07) is 20.0. The summed E-state index contributed by atoms with van der Waals surface area (Å²) >= 11 is 12.5. The normalized spacial score (nSPS) is 18.3. The molecule has 0 spiro atoms. The molecule has 0 saturated heterocycles. The van der Waals surface area contributed by atoms with E-state index in [0.29, 0.717) is 38.1 Å². The van der Waals surface area contributed by atoms with Crippen LogP contribution in [-0.4, -0.2) is 42.8 Å². The number of alkyl carbamates (subject to hydrolysis) is 1. The SMILES string of the molecule is COC(=O)C(c1ccc(Cl)cc1)(c1ccc(Cl)cc1)c1ccc(NC(=O)C2CC2)c(N[C@H]2CC[C@@H](NC(=O)OC(C)(C)C)CC2)c1. The number of carbonyl (C=O) groups excluding carboxylic acids is 3. The third kappa shape index (κ3) is 7.78. The third-order valence-corrected chi connectivity index (χ3v) is 9.02. The van der Waals surface area contributed by atoms with Gasteiger partial charge in [0.2, 0.25) is 5.91 Å². The van der Waals surface area contributed by atoms with Crippen LogP contribution in [0.5, 0.6) is 0 Å². The van der Waals surface area contributed by atoms with Gasteiger partial charge >= 0.3 is 12.1 Å². The number of anilines is 2. The first kappa shape index (κ1) is 33.6. The van der Waals surface area contributed by atoms with Crippen LogP contribution in [0.4, 0.5) is 16.2 Å². The lowest BCUT2D eigenvalue weighted by atomic mass is 9.69. The van der Waals surface area contributed by atoms with Gasteiger partial charge in [-0.1, -0.05) is 53.5 Å². The van der Waals surface area contributed by atoms with Gasteiger partial charge in [-0.25, -0.2) is 4.79 Å². The number of rotatable bonds is 9. The molecule has 8 nitrogen and oxygen atoms in total. The fraction of sp³-hybridized carbons (Fsp3) is 0.417. The first-order chi connectivity index (χ1) is 21.9. The molecular formula is C36H41Cl2N3O5. The van der Waals surface area contributed by atoms with Crippen molar-refractivity contribution in [3.05, 3.63) is 93.5 Å². The predicted octanol–water partition coefficient (Wildman–Crippen LogP) is 8.10. The van der Waals surface area contributed by atoms with Crippen LogP contribution in [0.25, 0.3) is 0 Å². The average molecular weight is 667 g/mol. The lowest BCUT2D eigenvalue weighted by Crippen LogP contribution is -2.42. The Morgan fingerprint density at radius 2 is 1.24 bits per heavy atom. The summed E-state index contributed by atoms with van der Waals surface area (Å²) in [5.74, 6) is -0.485. The van der Waals surface area contributed by atoms with Crippen LogP contribution >= 0.6 is 23.2 Å². The maximum atomic E-state index is 14.1. The molecule has 0 bridgehead atoms. The highest BCUT2D eigenvalue weighted by atomic mass is 35.5. The van der Waals surface area contributed by atoms with E-state index >= 15 is 0 Å². The Bertz CT molecular complexity index is 1510. The first-order valence-corrected chi connectivity index (χ1v) is 16.5. The van der Waals surface area contributed by atoms with Gasteiger partial charge in [0.1, 0.15) is 11.0 Å². The highest BCUT2D eigenvalue weighted by Gasteiger charge is 2.46. The fourth-order valence-corrected chi connectivity index (χ4v) is 6.32. The Hall–Kier alpha value is -3.75. The van der Waals surface area contributed by atoms with E-state index in [1.54, 1.807) is 24.3 Å². The molecule has 2 aliphatic carbocycles. The topological polar surface area (TPSA) is 106 Å². The van der Waals surface area contributed by atoms with Crippen molar-refractivity contribution in [2.24, 2.45) is 5.92 Å². The molecule has 2 saturated carbocycles. The van der Waals surface area contributed by atoms with E-state index in [1.165, 1.54) is 7.11 Å². The zero-order valence-electron chi connectivity index (χ0n) is 26.6. The van der Waals surface area contributed by atoms with Crippen LogP contribution < -0.4 is 16.0 Å².